The number of sulfonamides is 1. The second kappa shape index (κ2) is 10.8. The summed E-state index contributed by atoms with van der Waals surface area (Å²) in [6.07, 6.45) is 0.913. The zero-order valence-corrected chi connectivity index (χ0v) is 17.9. The summed E-state index contributed by atoms with van der Waals surface area (Å²) in [6, 6.07) is 13.9. The fraction of sp³-hybridized carbons (Fsp3) is 0.381. The van der Waals surface area contributed by atoms with Crippen LogP contribution in [0, 0.1) is 0 Å². The quantitative estimate of drug-likeness (QED) is 0.565. The molecular weight excluding hydrogens is 392 g/mol. The number of carbonyl (C=O) groups excluding carboxylic acids is 1. The molecule has 0 aliphatic rings. The summed E-state index contributed by atoms with van der Waals surface area (Å²) in [6.45, 7) is 3.23. The number of para-hydroxylation sites is 2. The van der Waals surface area contributed by atoms with E-state index < -0.39 is 10.0 Å². The number of hydrogen-bond donors (Lipinski definition) is 1. The normalized spacial score (nSPS) is 11.3. The van der Waals surface area contributed by atoms with Crippen molar-refractivity contribution in [2.75, 3.05) is 27.3 Å². The zero-order chi connectivity index (χ0) is 21.3. The molecule has 2 aromatic carbocycles. The summed E-state index contributed by atoms with van der Waals surface area (Å²) in [5.74, 6) is 1.28. The Kier molecular flexibility index (Phi) is 8.48. The minimum absolute atomic E-state index is 0.0864. The van der Waals surface area contributed by atoms with Crippen molar-refractivity contribution in [3.63, 3.8) is 0 Å². The van der Waals surface area contributed by atoms with Crippen molar-refractivity contribution in [3.8, 4) is 11.5 Å². The van der Waals surface area contributed by atoms with Crippen molar-refractivity contribution in [1.82, 2.24) is 9.62 Å². The Morgan fingerprint density at radius 1 is 1.00 bits per heavy atom. The molecule has 0 atom stereocenters. The number of hydrogen-bond acceptors (Lipinski definition) is 5. The van der Waals surface area contributed by atoms with Gasteiger partial charge in [-0.3, -0.25) is 4.79 Å². The van der Waals surface area contributed by atoms with Crippen molar-refractivity contribution < 1.29 is 22.7 Å². The first-order valence-corrected chi connectivity index (χ1v) is 10.9. The predicted molar refractivity (Wildman–Crippen MR) is 112 cm³/mol. The van der Waals surface area contributed by atoms with E-state index in [9.17, 15) is 13.2 Å². The van der Waals surface area contributed by atoms with Gasteiger partial charge in [-0.1, -0.05) is 24.3 Å². The second-order valence-corrected chi connectivity index (χ2v) is 8.69. The summed E-state index contributed by atoms with van der Waals surface area (Å²) in [7, 11) is -0.469. The first-order chi connectivity index (χ1) is 13.8. The van der Waals surface area contributed by atoms with Gasteiger partial charge in [-0.15, -0.1) is 0 Å². The van der Waals surface area contributed by atoms with Crippen molar-refractivity contribution in [2.24, 2.45) is 0 Å². The van der Waals surface area contributed by atoms with Crippen LogP contribution in [0.15, 0.2) is 53.4 Å². The summed E-state index contributed by atoms with van der Waals surface area (Å²) < 4.78 is 36.5. The van der Waals surface area contributed by atoms with Gasteiger partial charge in [0.15, 0.2) is 11.5 Å². The third kappa shape index (κ3) is 6.76. The average Bonchev–Trinajstić information content (AvgIpc) is 2.71. The van der Waals surface area contributed by atoms with Gasteiger partial charge in [0.1, 0.15) is 0 Å². The van der Waals surface area contributed by atoms with E-state index in [0.717, 1.165) is 5.56 Å². The third-order valence-electron chi connectivity index (χ3n) is 4.15. The van der Waals surface area contributed by atoms with Crippen LogP contribution in [0.25, 0.3) is 0 Å². The third-order valence-corrected chi connectivity index (χ3v) is 5.98. The van der Waals surface area contributed by atoms with Crippen LogP contribution in [0.1, 0.15) is 25.3 Å². The number of benzene rings is 2. The summed E-state index contributed by atoms with van der Waals surface area (Å²) >= 11 is 0. The highest BCUT2D eigenvalue weighted by Crippen LogP contribution is 2.26. The SMILES string of the molecule is CCOc1ccccc1OCCCC(=O)NCc1ccc(S(=O)(=O)N(C)C)cc1. The largest absolute Gasteiger partial charge is 0.490 e. The van der Waals surface area contributed by atoms with E-state index in [4.69, 9.17) is 9.47 Å². The Balaban J connectivity index is 1.74. The molecule has 158 valence electrons. The molecule has 0 saturated heterocycles. The molecule has 0 aliphatic carbocycles. The van der Waals surface area contributed by atoms with E-state index in [2.05, 4.69) is 5.32 Å². The zero-order valence-electron chi connectivity index (χ0n) is 17.1. The maximum absolute atomic E-state index is 12.1. The highest BCUT2D eigenvalue weighted by atomic mass is 32.2. The van der Waals surface area contributed by atoms with E-state index in [1.807, 2.05) is 31.2 Å². The summed E-state index contributed by atoms with van der Waals surface area (Å²) in [4.78, 5) is 12.2. The first-order valence-electron chi connectivity index (χ1n) is 9.47. The standard InChI is InChI=1S/C21H28N2O5S/c1-4-27-19-8-5-6-9-20(19)28-15-7-10-21(24)22-16-17-11-13-18(14-12-17)29(25,26)23(2)3/h5-6,8-9,11-14H,4,7,10,15-16H2,1-3H3,(H,22,24). The summed E-state index contributed by atoms with van der Waals surface area (Å²) in [5.41, 5.74) is 0.831. The molecule has 0 aromatic heterocycles. The predicted octanol–water partition coefficient (Wildman–Crippen LogP) is 2.81. The first kappa shape index (κ1) is 22.7. The van der Waals surface area contributed by atoms with Crippen molar-refractivity contribution in [1.29, 1.82) is 0 Å². The lowest BCUT2D eigenvalue weighted by Crippen LogP contribution is -2.23. The Morgan fingerprint density at radius 2 is 1.62 bits per heavy atom. The lowest BCUT2D eigenvalue weighted by molar-refractivity contribution is -0.121. The Bertz CT molecular complexity index is 896. The van der Waals surface area contributed by atoms with E-state index in [-0.39, 0.29) is 10.8 Å². The second-order valence-electron chi connectivity index (χ2n) is 6.54. The number of ether oxygens (including phenoxy) is 2. The molecule has 0 radical (unpaired) electrons. The number of rotatable bonds is 11. The van der Waals surface area contributed by atoms with Gasteiger partial charge in [-0.05, 0) is 43.2 Å². The van der Waals surface area contributed by atoms with Gasteiger partial charge in [-0.2, -0.15) is 0 Å². The van der Waals surface area contributed by atoms with E-state index in [1.54, 1.807) is 24.3 Å². The smallest absolute Gasteiger partial charge is 0.242 e. The number of amides is 1. The fourth-order valence-corrected chi connectivity index (χ4v) is 3.44. The topological polar surface area (TPSA) is 84.9 Å². The van der Waals surface area contributed by atoms with Crippen LogP contribution in [0.2, 0.25) is 0 Å². The van der Waals surface area contributed by atoms with Gasteiger partial charge in [0.25, 0.3) is 0 Å². The molecular formula is C21H28N2O5S. The number of nitrogens with one attached hydrogen (secondary N) is 1. The highest BCUT2D eigenvalue weighted by Gasteiger charge is 2.16. The fourth-order valence-electron chi connectivity index (χ4n) is 2.54. The molecule has 2 aromatic rings. The number of nitrogens with zero attached hydrogens (tertiary/aromatic N) is 1. The Hall–Kier alpha value is -2.58. The van der Waals surface area contributed by atoms with Gasteiger partial charge in [0, 0.05) is 27.1 Å². The monoisotopic (exact) mass is 420 g/mol. The van der Waals surface area contributed by atoms with Crippen LogP contribution in [-0.4, -0.2) is 45.9 Å². The van der Waals surface area contributed by atoms with E-state index in [0.29, 0.717) is 44.1 Å². The van der Waals surface area contributed by atoms with Gasteiger partial charge < -0.3 is 14.8 Å². The van der Waals surface area contributed by atoms with Crippen molar-refractivity contribution in [3.05, 3.63) is 54.1 Å². The van der Waals surface area contributed by atoms with Crippen molar-refractivity contribution >= 4 is 15.9 Å². The molecule has 0 spiro atoms. The maximum atomic E-state index is 12.1. The lowest BCUT2D eigenvalue weighted by atomic mass is 10.2. The molecule has 29 heavy (non-hydrogen) atoms. The molecule has 1 N–H and O–H groups in total. The molecule has 0 fully saturated rings. The van der Waals surface area contributed by atoms with E-state index in [1.165, 1.54) is 18.4 Å². The maximum Gasteiger partial charge on any atom is 0.242 e. The van der Waals surface area contributed by atoms with Gasteiger partial charge in [0.05, 0.1) is 18.1 Å². The molecule has 0 heterocycles. The molecule has 0 aliphatic heterocycles. The summed E-state index contributed by atoms with van der Waals surface area (Å²) in [5, 5.41) is 2.83. The van der Waals surface area contributed by atoms with Crippen LogP contribution >= 0.6 is 0 Å². The molecule has 1 amide bonds. The van der Waals surface area contributed by atoms with Gasteiger partial charge >= 0.3 is 0 Å². The van der Waals surface area contributed by atoms with Crippen LogP contribution in [0.4, 0.5) is 0 Å². The van der Waals surface area contributed by atoms with Crippen LogP contribution in [0.3, 0.4) is 0 Å². The molecule has 0 saturated carbocycles. The molecule has 0 unspecified atom stereocenters. The Labute approximate surface area is 172 Å². The molecule has 7 nitrogen and oxygen atoms in total. The number of carbonyl (C=O) groups is 1. The van der Waals surface area contributed by atoms with Crippen LogP contribution in [-0.2, 0) is 21.4 Å². The highest BCUT2D eigenvalue weighted by molar-refractivity contribution is 7.89. The minimum Gasteiger partial charge on any atom is -0.490 e. The van der Waals surface area contributed by atoms with E-state index >= 15 is 0 Å². The Morgan fingerprint density at radius 3 is 2.21 bits per heavy atom. The van der Waals surface area contributed by atoms with Crippen LogP contribution < -0.4 is 14.8 Å². The van der Waals surface area contributed by atoms with Gasteiger partial charge in [0.2, 0.25) is 15.9 Å². The average molecular weight is 421 g/mol. The van der Waals surface area contributed by atoms with Crippen molar-refractivity contribution in [2.45, 2.75) is 31.2 Å². The molecule has 8 heteroatoms. The van der Waals surface area contributed by atoms with Crippen LogP contribution in [0.5, 0.6) is 11.5 Å². The molecule has 0 bridgehead atoms. The molecule has 2 rings (SSSR count). The lowest BCUT2D eigenvalue weighted by Gasteiger charge is -2.12. The minimum atomic E-state index is -3.45. The van der Waals surface area contributed by atoms with Gasteiger partial charge in [-0.25, -0.2) is 12.7 Å².